The standard InChI is InChI=1S/C17H24N4O2/c1-18-17(19-8-11-21-9-4-5-10-21)20-13-14-6-7-15(22-2)12-16(14)23-3/h4-7,9-10,12H,8,11,13H2,1-3H3,(H2,18,19,20). The van der Waals surface area contributed by atoms with Crippen molar-refractivity contribution in [1.29, 1.82) is 0 Å². The van der Waals surface area contributed by atoms with Crippen molar-refractivity contribution < 1.29 is 9.47 Å². The summed E-state index contributed by atoms with van der Waals surface area (Å²) in [6, 6.07) is 9.81. The first kappa shape index (κ1) is 16.7. The summed E-state index contributed by atoms with van der Waals surface area (Å²) in [7, 11) is 5.06. The van der Waals surface area contributed by atoms with Gasteiger partial charge >= 0.3 is 0 Å². The number of nitrogens with one attached hydrogen (secondary N) is 2. The number of aliphatic imine (C=N–C) groups is 1. The van der Waals surface area contributed by atoms with Gasteiger partial charge in [-0.1, -0.05) is 0 Å². The molecule has 0 bridgehead atoms. The molecule has 2 aromatic rings. The maximum absolute atomic E-state index is 5.40. The first-order valence-corrected chi connectivity index (χ1v) is 7.53. The highest BCUT2D eigenvalue weighted by molar-refractivity contribution is 5.79. The molecule has 0 radical (unpaired) electrons. The van der Waals surface area contributed by atoms with Crippen LogP contribution in [-0.4, -0.2) is 38.3 Å². The van der Waals surface area contributed by atoms with E-state index in [9.17, 15) is 0 Å². The van der Waals surface area contributed by atoms with Crippen molar-refractivity contribution in [2.45, 2.75) is 13.1 Å². The maximum atomic E-state index is 5.40. The third-order valence-electron chi connectivity index (χ3n) is 3.49. The SMILES string of the molecule is CN=C(NCCn1cccc1)NCc1ccc(OC)cc1OC. The lowest BCUT2D eigenvalue weighted by Crippen LogP contribution is -2.38. The second kappa shape index (κ2) is 8.73. The molecule has 0 saturated carbocycles. The van der Waals surface area contributed by atoms with Gasteiger partial charge in [0.25, 0.3) is 0 Å². The van der Waals surface area contributed by atoms with Crippen LogP contribution in [-0.2, 0) is 13.1 Å². The van der Waals surface area contributed by atoms with E-state index in [0.29, 0.717) is 6.54 Å². The molecule has 0 aliphatic rings. The number of nitrogens with zero attached hydrogens (tertiary/aromatic N) is 2. The van der Waals surface area contributed by atoms with Gasteiger partial charge in [-0.25, -0.2) is 0 Å². The number of benzene rings is 1. The van der Waals surface area contributed by atoms with Gasteiger partial charge in [0.05, 0.1) is 14.2 Å². The molecule has 0 saturated heterocycles. The van der Waals surface area contributed by atoms with Crippen molar-refractivity contribution >= 4 is 5.96 Å². The van der Waals surface area contributed by atoms with Crippen LogP contribution >= 0.6 is 0 Å². The first-order chi connectivity index (χ1) is 11.3. The Morgan fingerprint density at radius 2 is 1.91 bits per heavy atom. The maximum Gasteiger partial charge on any atom is 0.191 e. The Bertz CT molecular complexity index is 624. The molecule has 0 aliphatic heterocycles. The Hall–Kier alpha value is -2.63. The van der Waals surface area contributed by atoms with Crippen LogP contribution in [0.15, 0.2) is 47.7 Å². The number of ether oxygens (including phenoxy) is 2. The monoisotopic (exact) mass is 316 g/mol. The van der Waals surface area contributed by atoms with Crippen molar-refractivity contribution in [3.05, 3.63) is 48.3 Å². The van der Waals surface area contributed by atoms with Gasteiger partial charge in [-0.2, -0.15) is 0 Å². The van der Waals surface area contributed by atoms with Gasteiger partial charge in [0.15, 0.2) is 5.96 Å². The zero-order chi connectivity index (χ0) is 16.5. The van der Waals surface area contributed by atoms with Crippen LogP contribution < -0.4 is 20.1 Å². The summed E-state index contributed by atoms with van der Waals surface area (Å²) in [6.07, 6.45) is 4.08. The minimum atomic E-state index is 0.621. The third-order valence-corrected chi connectivity index (χ3v) is 3.49. The molecule has 2 N–H and O–H groups in total. The Kier molecular flexibility index (Phi) is 6.35. The average molecular weight is 316 g/mol. The number of guanidine groups is 1. The van der Waals surface area contributed by atoms with E-state index in [1.165, 1.54) is 0 Å². The summed E-state index contributed by atoms with van der Waals surface area (Å²) in [5.41, 5.74) is 1.04. The number of hydrogen-bond donors (Lipinski definition) is 2. The zero-order valence-corrected chi connectivity index (χ0v) is 13.9. The number of rotatable bonds is 7. The van der Waals surface area contributed by atoms with Crippen molar-refractivity contribution in [2.75, 3.05) is 27.8 Å². The molecule has 2 rings (SSSR count). The summed E-state index contributed by atoms with van der Waals surface area (Å²) in [5.74, 6) is 2.33. The first-order valence-electron chi connectivity index (χ1n) is 7.53. The second-order valence-corrected chi connectivity index (χ2v) is 4.95. The largest absolute Gasteiger partial charge is 0.497 e. The van der Waals surface area contributed by atoms with Gasteiger partial charge in [-0.05, 0) is 24.3 Å². The lowest BCUT2D eigenvalue weighted by Gasteiger charge is -2.14. The van der Waals surface area contributed by atoms with Crippen LogP contribution in [0.5, 0.6) is 11.5 Å². The van der Waals surface area contributed by atoms with Crippen molar-refractivity contribution in [3.8, 4) is 11.5 Å². The molecular formula is C17H24N4O2. The molecule has 23 heavy (non-hydrogen) atoms. The van der Waals surface area contributed by atoms with Crippen molar-refractivity contribution in [2.24, 2.45) is 4.99 Å². The van der Waals surface area contributed by atoms with E-state index in [2.05, 4.69) is 20.2 Å². The van der Waals surface area contributed by atoms with Crippen LogP contribution in [0.3, 0.4) is 0 Å². The third kappa shape index (κ3) is 4.95. The summed E-state index contributed by atoms with van der Waals surface area (Å²) in [6.45, 7) is 2.31. The summed E-state index contributed by atoms with van der Waals surface area (Å²) in [5, 5.41) is 6.58. The molecule has 6 heteroatoms. The summed E-state index contributed by atoms with van der Waals surface area (Å²) >= 11 is 0. The fourth-order valence-electron chi connectivity index (χ4n) is 2.22. The fourth-order valence-corrected chi connectivity index (χ4v) is 2.22. The Labute approximate surface area is 137 Å². The predicted molar refractivity (Wildman–Crippen MR) is 92.2 cm³/mol. The van der Waals surface area contributed by atoms with E-state index in [4.69, 9.17) is 9.47 Å². The lowest BCUT2D eigenvalue weighted by atomic mass is 10.2. The molecule has 6 nitrogen and oxygen atoms in total. The molecular weight excluding hydrogens is 292 g/mol. The van der Waals surface area contributed by atoms with Gasteiger partial charge < -0.3 is 24.7 Å². The van der Waals surface area contributed by atoms with Gasteiger partial charge in [0.2, 0.25) is 0 Å². The fraction of sp³-hybridized carbons (Fsp3) is 0.353. The summed E-state index contributed by atoms with van der Waals surface area (Å²) in [4.78, 5) is 4.23. The molecule has 1 aromatic carbocycles. The molecule has 1 heterocycles. The minimum Gasteiger partial charge on any atom is -0.497 e. The Morgan fingerprint density at radius 1 is 1.13 bits per heavy atom. The highest BCUT2D eigenvalue weighted by atomic mass is 16.5. The topological polar surface area (TPSA) is 59.8 Å². The number of hydrogen-bond acceptors (Lipinski definition) is 3. The Morgan fingerprint density at radius 3 is 2.57 bits per heavy atom. The smallest absolute Gasteiger partial charge is 0.191 e. The molecule has 0 atom stereocenters. The molecule has 0 fully saturated rings. The normalized spacial score (nSPS) is 11.2. The van der Waals surface area contributed by atoms with E-state index in [1.807, 2.05) is 42.7 Å². The molecule has 0 aliphatic carbocycles. The second-order valence-electron chi connectivity index (χ2n) is 4.95. The van der Waals surface area contributed by atoms with E-state index >= 15 is 0 Å². The van der Waals surface area contributed by atoms with Crippen LogP contribution in [0.25, 0.3) is 0 Å². The zero-order valence-electron chi connectivity index (χ0n) is 13.9. The molecule has 1 aromatic heterocycles. The van der Waals surface area contributed by atoms with Gasteiger partial charge in [0.1, 0.15) is 11.5 Å². The van der Waals surface area contributed by atoms with Crippen LogP contribution in [0.4, 0.5) is 0 Å². The number of aromatic nitrogens is 1. The van der Waals surface area contributed by atoms with Crippen LogP contribution in [0.1, 0.15) is 5.56 Å². The highest BCUT2D eigenvalue weighted by Gasteiger charge is 2.06. The molecule has 0 unspecified atom stereocenters. The average Bonchev–Trinajstić information content (AvgIpc) is 3.11. The van der Waals surface area contributed by atoms with E-state index < -0.39 is 0 Å². The van der Waals surface area contributed by atoms with Crippen LogP contribution in [0, 0.1) is 0 Å². The van der Waals surface area contributed by atoms with E-state index in [-0.39, 0.29) is 0 Å². The van der Waals surface area contributed by atoms with Gasteiger partial charge in [-0.3, -0.25) is 4.99 Å². The Balaban J connectivity index is 1.85. The minimum absolute atomic E-state index is 0.621. The quantitative estimate of drug-likeness (QED) is 0.605. The molecule has 0 spiro atoms. The van der Waals surface area contributed by atoms with Crippen LogP contribution in [0.2, 0.25) is 0 Å². The molecule has 124 valence electrons. The van der Waals surface area contributed by atoms with E-state index in [1.54, 1.807) is 21.3 Å². The highest BCUT2D eigenvalue weighted by Crippen LogP contribution is 2.24. The van der Waals surface area contributed by atoms with Gasteiger partial charge in [0, 0.05) is 50.7 Å². The molecule has 0 amide bonds. The predicted octanol–water partition coefficient (Wildman–Crippen LogP) is 1.87. The van der Waals surface area contributed by atoms with Crippen molar-refractivity contribution in [3.63, 3.8) is 0 Å². The van der Waals surface area contributed by atoms with Gasteiger partial charge in [-0.15, -0.1) is 0 Å². The van der Waals surface area contributed by atoms with E-state index in [0.717, 1.165) is 36.1 Å². The number of methoxy groups -OCH3 is 2. The summed E-state index contributed by atoms with van der Waals surface area (Å²) < 4.78 is 12.7. The lowest BCUT2D eigenvalue weighted by molar-refractivity contribution is 0.390. The van der Waals surface area contributed by atoms with Crippen molar-refractivity contribution in [1.82, 2.24) is 15.2 Å².